The topological polar surface area (TPSA) is 34.1 Å². The van der Waals surface area contributed by atoms with Crippen LogP contribution in [0.2, 0.25) is 0 Å². The van der Waals surface area contributed by atoms with Gasteiger partial charge in [-0.1, -0.05) is 19.9 Å². The molecule has 0 saturated carbocycles. The summed E-state index contributed by atoms with van der Waals surface area (Å²) in [5, 5.41) is 3.36. The molecular formula is C16H18BrFN2O. The van der Waals surface area contributed by atoms with Gasteiger partial charge in [-0.25, -0.2) is 9.37 Å². The largest absolute Gasteiger partial charge is 0.439 e. The number of nitrogens with zero attached hydrogens (tertiary/aromatic N) is 1. The number of ether oxygens (including phenoxy) is 1. The SMILES string of the molecule is CC(C)CNCc1ccc(Oc2ccc(F)c(Br)c2)nc1. The number of hydrogen-bond donors (Lipinski definition) is 1. The van der Waals surface area contributed by atoms with Gasteiger partial charge in [0.1, 0.15) is 11.6 Å². The molecule has 5 heteroatoms. The molecule has 1 aromatic heterocycles. The van der Waals surface area contributed by atoms with Crippen LogP contribution in [0.15, 0.2) is 41.0 Å². The first-order chi connectivity index (χ1) is 10.0. The smallest absolute Gasteiger partial charge is 0.219 e. The van der Waals surface area contributed by atoms with Crippen LogP contribution in [0, 0.1) is 11.7 Å². The van der Waals surface area contributed by atoms with Gasteiger partial charge in [0.2, 0.25) is 5.88 Å². The molecule has 2 rings (SSSR count). The van der Waals surface area contributed by atoms with Gasteiger partial charge in [0, 0.05) is 18.8 Å². The molecule has 1 N–H and O–H groups in total. The summed E-state index contributed by atoms with van der Waals surface area (Å²) < 4.78 is 19.1. The summed E-state index contributed by atoms with van der Waals surface area (Å²) in [6.45, 7) is 6.10. The summed E-state index contributed by atoms with van der Waals surface area (Å²) in [4.78, 5) is 4.25. The van der Waals surface area contributed by atoms with Crippen molar-refractivity contribution in [1.29, 1.82) is 0 Å². The normalized spacial score (nSPS) is 10.9. The van der Waals surface area contributed by atoms with E-state index in [-0.39, 0.29) is 5.82 Å². The lowest BCUT2D eigenvalue weighted by atomic mass is 10.2. The van der Waals surface area contributed by atoms with Crippen molar-refractivity contribution in [2.45, 2.75) is 20.4 Å². The van der Waals surface area contributed by atoms with Crippen molar-refractivity contribution in [1.82, 2.24) is 10.3 Å². The van der Waals surface area contributed by atoms with Gasteiger partial charge in [-0.3, -0.25) is 0 Å². The molecule has 3 nitrogen and oxygen atoms in total. The van der Waals surface area contributed by atoms with E-state index >= 15 is 0 Å². The van der Waals surface area contributed by atoms with Crippen molar-refractivity contribution in [3.05, 3.63) is 52.4 Å². The Kier molecular flexibility index (Phi) is 5.70. The van der Waals surface area contributed by atoms with Crippen LogP contribution in [0.1, 0.15) is 19.4 Å². The average molecular weight is 353 g/mol. The van der Waals surface area contributed by atoms with Crippen LogP contribution in [0.3, 0.4) is 0 Å². The van der Waals surface area contributed by atoms with Crippen LogP contribution in [-0.4, -0.2) is 11.5 Å². The van der Waals surface area contributed by atoms with E-state index in [1.54, 1.807) is 18.3 Å². The zero-order valence-electron chi connectivity index (χ0n) is 12.1. The number of hydrogen-bond acceptors (Lipinski definition) is 3. The fourth-order valence-electron chi connectivity index (χ4n) is 1.74. The Hall–Kier alpha value is -1.46. The second-order valence-corrected chi connectivity index (χ2v) is 6.06. The Balaban J connectivity index is 1.94. The Morgan fingerprint density at radius 1 is 1.29 bits per heavy atom. The van der Waals surface area contributed by atoms with Crippen LogP contribution in [0.5, 0.6) is 11.6 Å². The van der Waals surface area contributed by atoms with Gasteiger partial charge in [0.05, 0.1) is 4.47 Å². The first-order valence-corrected chi connectivity index (χ1v) is 7.62. The molecule has 0 unspecified atom stereocenters. The van der Waals surface area contributed by atoms with Crippen molar-refractivity contribution >= 4 is 15.9 Å². The molecule has 2 aromatic rings. The summed E-state index contributed by atoms with van der Waals surface area (Å²) in [6.07, 6.45) is 1.78. The molecule has 1 aromatic carbocycles. The van der Waals surface area contributed by atoms with Gasteiger partial charge < -0.3 is 10.1 Å². The van der Waals surface area contributed by atoms with E-state index in [1.165, 1.54) is 6.07 Å². The lowest BCUT2D eigenvalue weighted by molar-refractivity contribution is 0.459. The van der Waals surface area contributed by atoms with Crippen molar-refractivity contribution in [2.75, 3.05) is 6.54 Å². The molecule has 0 bridgehead atoms. The third-order valence-corrected chi connectivity index (χ3v) is 3.40. The van der Waals surface area contributed by atoms with Gasteiger partial charge in [0.25, 0.3) is 0 Å². The molecule has 0 saturated heterocycles. The van der Waals surface area contributed by atoms with Crippen molar-refractivity contribution in [3.8, 4) is 11.6 Å². The van der Waals surface area contributed by atoms with E-state index in [0.29, 0.717) is 22.0 Å². The molecular weight excluding hydrogens is 335 g/mol. The Bertz CT molecular complexity index is 587. The average Bonchev–Trinajstić information content (AvgIpc) is 2.44. The third kappa shape index (κ3) is 5.10. The monoisotopic (exact) mass is 352 g/mol. The lowest BCUT2D eigenvalue weighted by Crippen LogP contribution is -2.18. The van der Waals surface area contributed by atoms with Gasteiger partial charge in [0.15, 0.2) is 0 Å². The van der Waals surface area contributed by atoms with Crippen molar-refractivity contribution in [2.24, 2.45) is 5.92 Å². The minimum atomic E-state index is -0.318. The number of benzene rings is 1. The molecule has 0 amide bonds. The first kappa shape index (κ1) is 15.9. The number of aromatic nitrogens is 1. The number of halogens is 2. The van der Waals surface area contributed by atoms with E-state index in [4.69, 9.17) is 4.74 Å². The highest BCUT2D eigenvalue weighted by Crippen LogP contribution is 2.25. The molecule has 0 radical (unpaired) electrons. The van der Waals surface area contributed by atoms with Gasteiger partial charge in [-0.05, 0) is 52.2 Å². The van der Waals surface area contributed by atoms with Crippen molar-refractivity contribution < 1.29 is 9.13 Å². The quantitative estimate of drug-likeness (QED) is 0.829. The summed E-state index contributed by atoms with van der Waals surface area (Å²) in [7, 11) is 0. The number of pyridine rings is 1. The van der Waals surface area contributed by atoms with E-state index in [0.717, 1.165) is 18.7 Å². The summed E-state index contributed by atoms with van der Waals surface area (Å²) >= 11 is 3.13. The second-order valence-electron chi connectivity index (χ2n) is 5.21. The third-order valence-electron chi connectivity index (χ3n) is 2.79. The Morgan fingerprint density at radius 2 is 2.10 bits per heavy atom. The molecule has 0 aliphatic rings. The molecule has 0 aliphatic carbocycles. The van der Waals surface area contributed by atoms with E-state index in [2.05, 4.69) is 40.1 Å². The highest BCUT2D eigenvalue weighted by Gasteiger charge is 2.04. The standard InChI is InChI=1S/C16H18BrFN2O/c1-11(2)8-19-9-12-3-6-16(20-10-12)21-13-4-5-15(18)14(17)7-13/h3-7,10-11,19H,8-9H2,1-2H3. The van der Waals surface area contributed by atoms with Crippen LogP contribution < -0.4 is 10.1 Å². The maximum Gasteiger partial charge on any atom is 0.219 e. The molecule has 112 valence electrons. The second kappa shape index (κ2) is 7.52. The Morgan fingerprint density at radius 3 is 2.71 bits per heavy atom. The Labute approximate surface area is 132 Å². The predicted molar refractivity (Wildman–Crippen MR) is 85.0 cm³/mol. The van der Waals surface area contributed by atoms with E-state index < -0.39 is 0 Å². The highest BCUT2D eigenvalue weighted by molar-refractivity contribution is 9.10. The van der Waals surface area contributed by atoms with Crippen LogP contribution in [-0.2, 0) is 6.54 Å². The van der Waals surface area contributed by atoms with Crippen LogP contribution in [0.25, 0.3) is 0 Å². The minimum absolute atomic E-state index is 0.318. The molecule has 0 spiro atoms. The van der Waals surface area contributed by atoms with Gasteiger partial charge in [-0.2, -0.15) is 0 Å². The maximum atomic E-state index is 13.1. The molecule has 0 aliphatic heterocycles. The van der Waals surface area contributed by atoms with E-state index in [1.807, 2.05) is 12.1 Å². The fourth-order valence-corrected chi connectivity index (χ4v) is 2.10. The highest BCUT2D eigenvalue weighted by atomic mass is 79.9. The molecule has 0 atom stereocenters. The minimum Gasteiger partial charge on any atom is -0.439 e. The number of nitrogens with one attached hydrogen (secondary N) is 1. The summed E-state index contributed by atoms with van der Waals surface area (Å²) in [5.74, 6) is 1.34. The zero-order valence-corrected chi connectivity index (χ0v) is 13.7. The lowest BCUT2D eigenvalue weighted by Gasteiger charge is -2.08. The zero-order chi connectivity index (χ0) is 15.2. The van der Waals surface area contributed by atoms with Gasteiger partial charge >= 0.3 is 0 Å². The number of rotatable bonds is 6. The van der Waals surface area contributed by atoms with E-state index in [9.17, 15) is 4.39 Å². The predicted octanol–water partition coefficient (Wildman–Crippen LogP) is 4.52. The molecule has 1 heterocycles. The molecule has 0 fully saturated rings. The molecule has 21 heavy (non-hydrogen) atoms. The first-order valence-electron chi connectivity index (χ1n) is 6.83. The maximum absolute atomic E-state index is 13.1. The fraction of sp³-hybridized carbons (Fsp3) is 0.312. The van der Waals surface area contributed by atoms with Crippen LogP contribution in [0.4, 0.5) is 4.39 Å². The van der Waals surface area contributed by atoms with Crippen LogP contribution >= 0.6 is 15.9 Å². The summed E-state index contributed by atoms with van der Waals surface area (Å²) in [6, 6.07) is 8.27. The van der Waals surface area contributed by atoms with Gasteiger partial charge in [-0.15, -0.1) is 0 Å². The van der Waals surface area contributed by atoms with Crippen molar-refractivity contribution in [3.63, 3.8) is 0 Å². The summed E-state index contributed by atoms with van der Waals surface area (Å²) in [5.41, 5.74) is 1.10.